The second kappa shape index (κ2) is 5.41. The maximum atomic E-state index is 11.6. The number of hydrogen-bond acceptors (Lipinski definition) is 3. The quantitative estimate of drug-likeness (QED) is 0.563. The van der Waals surface area contributed by atoms with Crippen molar-refractivity contribution in [3.63, 3.8) is 0 Å². The highest BCUT2D eigenvalue weighted by Crippen LogP contribution is 2.28. The molecule has 0 saturated carbocycles. The summed E-state index contributed by atoms with van der Waals surface area (Å²) in [7, 11) is 2.21. The number of esters is 1. The van der Waals surface area contributed by atoms with Gasteiger partial charge in [0.05, 0.1) is 25.4 Å². The first-order chi connectivity index (χ1) is 7.33. The molecule has 16 heavy (non-hydrogen) atoms. The Labute approximate surface area is 104 Å². The standard InChI is InChI=1S/C12H23NO2S/c1-9(16)11(14)15-12(2,3)10-5-7-13(4)8-6-10/h9-10,16H,5-8H2,1-4H3/p+1. The van der Waals surface area contributed by atoms with Crippen molar-refractivity contribution >= 4 is 18.6 Å². The number of rotatable bonds is 3. The molecule has 1 unspecified atom stereocenters. The van der Waals surface area contributed by atoms with E-state index < -0.39 is 0 Å². The van der Waals surface area contributed by atoms with Gasteiger partial charge in [-0.15, -0.1) is 0 Å². The molecule has 0 spiro atoms. The Kier molecular flexibility index (Phi) is 4.68. The van der Waals surface area contributed by atoms with Crippen LogP contribution in [0.1, 0.15) is 33.6 Å². The van der Waals surface area contributed by atoms with E-state index in [0.29, 0.717) is 5.92 Å². The third-order valence-corrected chi connectivity index (χ3v) is 3.74. The van der Waals surface area contributed by atoms with Gasteiger partial charge < -0.3 is 9.64 Å². The summed E-state index contributed by atoms with van der Waals surface area (Å²) < 4.78 is 5.55. The molecule has 1 saturated heterocycles. The largest absolute Gasteiger partial charge is 0.459 e. The van der Waals surface area contributed by atoms with E-state index in [1.165, 1.54) is 13.1 Å². The van der Waals surface area contributed by atoms with Crippen LogP contribution < -0.4 is 4.90 Å². The zero-order valence-electron chi connectivity index (χ0n) is 10.7. The van der Waals surface area contributed by atoms with Crippen LogP contribution in [0.15, 0.2) is 0 Å². The molecule has 3 nitrogen and oxygen atoms in total. The summed E-state index contributed by atoms with van der Waals surface area (Å²) in [6, 6.07) is 0. The minimum Gasteiger partial charge on any atom is -0.459 e. The van der Waals surface area contributed by atoms with Crippen LogP contribution in [-0.2, 0) is 9.53 Å². The summed E-state index contributed by atoms with van der Waals surface area (Å²) in [4.78, 5) is 13.1. The molecule has 94 valence electrons. The summed E-state index contributed by atoms with van der Waals surface area (Å²) >= 11 is 4.10. The van der Waals surface area contributed by atoms with E-state index in [1.807, 2.05) is 13.8 Å². The van der Waals surface area contributed by atoms with E-state index in [9.17, 15) is 4.79 Å². The van der Waals surface area contributed by atoms with E-state index in [-0.39, 0.29) is 16.8 Å². The number of piperidine rings is 1. The van der Waals surface area contributed by atoms with Crippen molar-refractivity contribution in [2.24, 2.45) is 5.92 Å². The number of ether oxygens (including phenoxy) is 1. The molecule has 0 aromatic carbocycles. The lowest BCUT2D eigenvalue weighted by atomic mass is 9.83. The predicted molar refractivity (Wildman–Crippen MR) is 68.0 cm³/mol. The Bertz CT molecular complexity index is 245. The van der Waals surface area contributed by atoms with E-state index in [4.69, 9.17) is 4.74 Å². The Morgan fingerprint density at radius 2 is 1.94 bits per heavy atom. The van der Waals surface area contributed by atoms with Gasteiger partial charge in [0.1, 0.15) is 5.60 Å². The second-order valence-electron chi connectivity index (χ2n) is 5.43. The Morgan fingerprint density at radius 1 is 1.44 bits per heavy atom. The van der Waals surface area contributed by atoms with Gasteiger partial charge in [0, 0.05) is 18.8 Å². The second-order valence-corrected chi connectivity index (χ2v) is 6.21. The van der Waals surface area contributed by atoms with E-state index in [2.05, 4.69) is 19.7 Å². The summed E-state index contributed by atoms with van der Waals surface area (Å²) in [5.74, 6) is 0.270. The zero-order chi connectivity index (χ0) is 12.3. The SMILES string of the molecule is CC(S)C(=O)OC(C)(C)C1CC[NH+](C)CC1. The van der Waals surface area contributed by atoms with E-state index in [1.54, 1.807) is 11.8 Å². The smallest absolute Gasteiger partial charge is 0.319 e. The van der Waals surface area contributed by atoms with Gasteiger partial charge in [0.25, 0.3) is 0 Å². The molecule has 0 aromatic heterocycles. The van der Waals surface area contributed by atoms with Crippen LogP contribution in [0.4, 0.5) is 0 Å². The Morgan fingerprint density at radius 3 is 2.38 bits per heavy atom. The fourth-order valence-electron chi connectivity index (χ4n) is 2.23. The molecule has 1 fully saturated rings. The summed E-state index contributed by atoms with van der Waals surface area (Å²) in [5.41, 5.74) is -0.352. The number of nitrogens with one attached hydrogen (secondary N) is 1. The summed E-state index contributed by atoms with van der Waals surface area (Å²) in [5, 5.41) is -0.337. The summed E-state index contributed by atoms with van der Waals surface area (Å²) in [6.07, 6.45) is 2.26. The number of likely N-dealkylation sites (tertiary alicyclic amines) is 1. The Balaban J connectivity index is 2.53. The summed E-state index contributed by atoms with van der Waals surface area (Å²) in [6.45, 7) is 8.13. The van der Waals surface area contributed by atoms with E-state index in [0.717, 1.165) is 12.8 Å². The molecular weight excluding hydrogens is 222 g/mol. The first-order valence-corrected chi connectivity index (χ1v) is 6.57. The van der Waals surface area contributed by atoms with Gasteiger partial charge in [-0.05, 0) is 20.8 Å². The normalized spacial score (nSPS) is 28.6. The van der Waals surface area contributed by atoms with Gasteiger partial charge in [-0.2, -0.15) is 12.6 Å². The van der Waals surface area contributed by atoms with Gasteiger partial charge in [0.15, 0.2) is 0 Å². The van der Waals surface area contributed by atoms with Gasteiger partial charge in [-0.1, -0.05) is 0 Å². The Hall–Kier alpha value is -0.220. The minimum absolute atomic E-state index is 0.209. The fraction of sp³-hybridized carbons (Fsp3) is 0.917. The molecule has 0 aliphatic carbocycles. The van der Waals surface area contributed by atoms with Crippen molar-refractivity contribution in [1.29, 1.82) is 0 Å². The van der Waals surface area contributed by atoms with Gasteiger partial charge >= 0.3 is 5.97 Å². The van der Waals surface area contributed by atoms with Gasteiger partial charge in [0.2, 0.25) is 0 Å². The van der Waals surface area contributed by atoms with Crippen LogP contribution >= 0.6 is 12.6 Å². The van der Waals surface area contributed by atoms with Crippen LogP contribution in [0.5, 0.6) is 0 Å². The van der Waals surface area contributed by atoms with Crippen molar-refractivity contribution < 1.29 is 14.4 Å². The molecular formula is C12H24NO2S+. The predicted octanol–water partition coefficient (Wildman–Crippen LogP) is 0.551. The lowest BCUT2D eigenvalue weighted by Gasteiger charge is -2.37. The lowest BCUT2D eigenvalue weighted by molar-refractivity contribution is -0.886. The molecule has 0 bridgehead atoms. The zero-order valence-corrected chi connectivity index (χ0v) is 11.6. The number of quaternary nitrogens is 1. The first kappa shape index (κ1) is 13.8. The molecule has 1 rings (SSSR count). The van der Waals surface area contributed by atoms with E-state index >= 15 is 0 Å². The van der Waals surface area contributed by atoms with Gasteiger partial charge in [-0.3, -0.25) is 4.79 Å². The highest BCUT2D eigenvalue weighted by molar-refractivity contribution is 7.81. The first-order valence-electron chi connectivity index (χ1n) is 6.05. The highest BCUT2D eigenvalue weighted by atomic mass is 32.1. The van der Waals surface area contributed by atoms with Crippen molar-refractivity contribution in [3.8, 4) is 0 Å². The number of hydrogen-bond donors (Lipinski definition) is 2. The maximum Gasteiger partial charge on any atom is 0.319 e. The van der Waals surface area contributed by atoms with Crippen molar-refractivity contribution in [3.05, 3.63) is 0 Å². The topological polar surface area (TPSA) is 30.7 Å². The lowest BCUT2D eigenvalue weighted by Crippen LogP contribution is -3.10. The molecule has 0 radical (unpaired) electrons. The molecule has 1 aliphatic rings. The van der Waals surface area contributed by atoms with Gasteiger partial charge in [-0.25, -0.2) is 0 Å². The molecule has 1 atom stereocenters. The highest BCUT2D eigenvalue weighted by Gasteiger charge is 2.36. The number of carbonyl (C=O) groups excluding carboxylic acids is 1. The van der Waals surface area contributed by atoms with Crippen molar-refractivity contribution in [1.82, 2.24) is 0 Å². The monoisotopic (exact) mass is 246 g/mol. The van der Waals surface area contributed by atoms with Crippen LogP contribution in [0.3, 0.4) is 0 Å². The third kappa shape index (κ3) is 3.67. The van der Waals surface area contributed by atoms with Crippen LogP contribution in [-0.4, -0.2) is 37.0 Å². The van der Waals surface area contributed by atoms with Crippen LogP contribution in [0, 0.1) is 5.92 Å². The third-order valence-electron chi connectivity index (χ3n) is 3.53. The number of thiol groups is 1. The van der Waals surface area contributed by atoms with Crippen molar-refractivity contribution in [2.45, 2.75) is 44.5 Å². The molecule has 4 heteroatoms. The van der Waals surface area contributed by atoms with Crippen LogP contribution in [0.2, 0.25) is 0 Å². The average molecular weight is 246 g/mol. The maximum absolute atomic E-state index is 11.6. The fourth-order valence-corrected chi connectivity index (χ4v) is 2.29. The van der Waals surface area contributed by atoms with Crippen molar-refractivity contribution in [2.75, 3.05) is 20.1 Å². The molecule has 1 aliphatic heterocycles. The average Bonchev–Trinajstić information content (AvgIpc) is 2.17. The molecule has 0 aromatic rings. The van der Waals surface area contributed by atoms with Crippen LogP contribution in [0.25, 0.3) is 0 Å². The minimum atomic E-state index is -0.352. The number of carbonyl (C=O) groups is 1. The molecule has 0 amide bonds. The molecule has 1 N–H and O–H groups in total. The molecule has 1 heterocycles.